The molecule has 0 aliphatic carbocycles. The Bertz CT molecular complexity index is 513. The average Bonchev–Trinajstić information content (AvgIpc) is 2.25. The van der Waals surface area contributed by atoms with Crippen molar-refractivity contribution in [1.82, 2.24) is 4.90 Å². The van der Waals surface area contributed by atoms with Crippen molar-refractivity contribution >= 4 is 19.7 Å². The summed E-state index contributed by atoms with van der Waals surface area (Å²) in [5.74, 6) is 0.00719. The molecule has 0 atom stereocenters. The van der Waals surface area contributed by atoms with Gasteiger partial charge in [0.05, 0.1) is 5.75 Å². The molecule has 1 aromatic carbocycles. The van der Waals surface area contributed by atoms with E-state index in [0.29, 0.717) is 6.42 Å². The fourth-order valence-electron chi connectivity index (χ4n) is 2.14. The first-order chi connectivity index (χ1) is 7.94. The lowest BCUT2D eigenvalue weighted by Gasteiger charge is -2.25. The molecule has 1 aromatic rings. The zero-order valence-corrected chi connectivity index (χ0v) is 11.4. The molecule has 0 aromatic heterocycles. The summed E-state index contributed by atoms with van der Waals surface area (Å²) in [6.07, 6.45) is 1.53. The predicted octanol–water partition coefficient (Wildman–Crippen LogP) is 1.79. The summed E-state index contributed by atoms with van der Waals surface area (Å²) in [6.45, 7) is 2.04. The SMILES string of the molecule is CN1CCc2cc(CCS(=O)(=O)Cl)ccc2C1. The quantitative estimate of drug-likeness (QED) is 0.788. The zero-order valence-electron chi connectivity index (χ0n) is 9.82. The number of hydrogen-bond acceptors (Lipinski definition) is 3. The van der Waals surface area contributed by atoms with E-state index in [4.69, 9.17) is 10.7 Å². The molecule has 0 amide bonds. The van der Waals surface area contributed by atoms with E-state index in [1.165, 1.54) is 11.1 Å². The van der Waals surface area contributed by atoms with Gasteiger partial charge < -0.3 is 4.90 Å². The third kappa shape index (κ3) is 3.69. The van der Waals surface area contributed by atoms with Gasteiger partial charge in [0.15, 0.2) is 0 Å². The summed E-state index contributed by atoms with van der Waals surface area (Å²) in [6, 6.07) is 6.21. The normalized spacial score (nSPS) is 16.8. The van der Waals surface area contributed by atoms with Crippen molar-refractivity contribution in [2.24, 2.45) is 0 Å². The lowest BCUT2D eigenvalue weighted by Crippen LogP contribution is -2.26. The Balaban J connectivity index is 2.11. The van der Waals surface area contributed by atoms with Gasteiger partial charge in [-0.1, -0.05) is 18.2 Å². The first-order valence-corrected chi connectivity index (χ1v) is 8.13. The maximum Gasteiger partial charge on any atom is 0.232 e. The second-order valence-electron chi connectivity index (χ2n) is 4.58. The van der Waals surface area contributed by atoms with Crippen molar-refractivity contribution in [2.75, 3.05) is 19.3 Å². The topological polar surface area (TPSA) is 37.4 Å². The molecule has 0 saturated carbocycles. The Labute approximate surface area is 107 Å². The number of likely N-dealkylation sites (N-methyl/N-ethyl adjacent to an activating group) is 1. The van der Waals surface area contributed by atoms with E-state index >= 15 is 0 Å². The first-order valence-electron chi connectivity index (χ1n) is 5.65. The lowest BCUT2D eigenvalue weighted by molar-refractivity contribution is 0.313. The number of rotatable bonds is 3. The van der Waals surface area contributed by atoms with Gasteiger partial charge >= 0.3 is 0 Å². The van der Waals surface area contributed by atoms with Crippen LogP contribution in [-0.4, -0.2) is 32.7 Å². The van der Waals surface area contributed by atoms with Crippen LogP contribution in [0.1, 0.15) is 16.7 Å². The molecule has 0 spiro atoms. The standard InChI is InChI=1S/C12H16ClNO2S/c1-14-6-4-11-8-10(2-3-12(11)9-14)5-7-17(13,15)16/h2-3,8H,4-7,9H2,1H3. The number of halogens is 1. The molecular formula is C12H16ClNO2S. The van der Waals surface area contributed by atoms with Gasteiger partial charge in [-0.15, -0.1) is 0 Å². The van der Waals surface area contributed by atoms with Gasteiger partial charge in [-0.25, -0.2) is 8.42 Å². The molecule has 0 N–H and O–H groups in total. The van der Waals surface area contributed by atoms with E-state index in [-0.39, 0.29) is 5.75 Å². The minimum Gasteiger partial charge on any atom is -0.302 e. The van der Waals surface area contributed by atoms with Crippen LogP contribution >= 0.6 is 10.7 Å². The van der Waals surface area contributed by atoms with Crippen molar-refractivity contribution in [3.63, 3.8) is 0 Å². The lowest BCUT2D eigenvalue weighted by atomic mass is 9.97. The summed E-state index contributed by atoms with van der Waals surface area (Å²) < 4.78 is 21.8. The molecular weight excluding hydrogens is 258 g/mol. The van der Waals surface area contributed by atoms with E-state index in [2.05, 4.69) is 24.1 Å². The Morgan fingerprint density at radius 2 is 2.12 bits per heavy atom. The number of benzene rings is 1. The largest absolute Gasteiger partial charge is 0.302 e. The van der Waals surface area contributed by atoms with E-state index in [9.17, 15) is 8.42 Å². The molecule has 94 valence electrons. The number of nitrogens with zero attached hydrogens (tertiary/aromatic N) is 1. The van der Waals surface area contributed by atoms with Crippen molar-refractivity contribution in [1.29, 1.82) is 0 Å². The molecule has 0 bridgehead atoms. The second kappa shape index (κ2) is 4.96. The molecule has 5 heteroatoms. The van der Waals surface area contributed by atoms with Gasteiger partial charge in [-0.3, -0.25) is 0 Å². The van der Waals surface area contributed by atoms with Crippen LogP contribution in [0, 0.1) is 0 Å². The van der Waals surface area contributed by atoms with Crippen molar-refractivity contribution in [2.45, 2.75) is 19.4 Å². The van der Waals surface area contributed by atoms with Gasteiger partial charge in [0.25, 0.3) is 0 Å². The fraction of sp³-hybridized carbons (Fsp3) is 0.500. The maximum atomic E-state index is 10.9. The molecule has 0 fully saturated rings. The van der Waals surface area contributed by atoms with Crippen LogP contribution < -0.4 is 0 Å². The smallest absolute Gasteiger partial charge is 0.232 e. The molecule has 1 aliphatic rings. The zero-order chi connectivity index (χ0) is 12.5. The molecule has 3 nitrogen and oxygen atoms in total. The number of hydrogen-bond donors (Lipinski definition) is 0. The number of aryl methyl sites for hydroxylation is 1. The molecule has 1 heterocycles. The highest BCUT2D eigenvalue weighted by molar-refractivity contribution is 8.13. The van der Waals surface area contributed by atoms with Crippen molar-refractivity contribution in [3.8, 4) is 0 Å². The maximum absolute atomic E-state index is 10.9. The van der Waals surface area contributed by atoms with Crippen LogP contribution in [0.2, 0.25) is 0 Å². The average molecular weight is 274 g/mol. The second-order valence-corrected chi connectivity index (χ2v) is 7.48. The Morgan fingerprint density at radius 3 is 2.82 bits per heavy atom. The number of fused-ring (bicyclic) bond motifs is 1. The molecule has 1 aliphatic heterocycles. The molecule has 0 radical (unpaired) electrons. The van der Waals surface area contributed by atoms with Crippen LogP contribution in [0.4, 0.5) is 0 Å². The van der Waals surface area contributed by atoms with Gasteiger partial charge in [0, 0.05) is 23.8 Å². The van der Waals surface area contributed by atoms with E-state index in [1.54, 1.807) is 0 Å². The van der Waals surface area contributed by atoms with Crippen molar-refractivity contribution in [3.05, 3.63) is 34.9 Å². The molecule has 2 rings (SSSR count). The Hall–Kier alpha value is -0.580. The van der Waals surface area contributed by atoms with Crippen molar-refractivity contribution < 1.29 is 8.42 Å². The molecule has 17 heavy (non-hydrogen) atoms. The molecule has 0 saturated heterocycles. The van der Waals surface area contributed by atoms with Crippen LogP contribution in [0.15, 0.2) is 18.2 Å². The summed E-state index contributed by atoms with van der Waals surface area (Å²) in [7, 11) is 3.93. The van der Waals surface area contributed by atoms with Crippen LogP contribution in [0.25, 0.3) is 0 Å². The van der Waals surface area contributed by atoms with Gasteiger partial charge in [0.1, 0.15) is 0 Å². The summed E-state index contributed by atoms with van der Waals surface area (Å²) in [5.41, 5.74) is 3.74. The summed E-state index contributed by atoms with van der Waals surface area (Å²) >= 11 is 0. The third-order valence-electron chi connectivity index (χ3n) is 3.11. The van der Waals surface area contributed by atoms with E-state index in [1.807, 2.05) is 6.07 Å². The third-order valence-corrected chi connectivity index (χ3v) is 4.26. The fourth-order valence-corrected chi connectivity index (χ4v) is 2.85. The Morgan fingerprint density at radius 1 is 1.35 bits per heavy atom. The first kappa shape index (κ1) is 12.9. The van der Waals surface area contributed by atoms with Crippen LogP contribution in [-0.2, 0) is 28.4 Å². The minimum atomic E-state index is -3.39. The predicted molar refractivity (Wildman–Crippen MR) is 69.8 cm³/mol. The van der Waals surface area contributed by atoms with Gasteiger partial charge in [-0.05, 0) is 36.6 Å². The van der Waals surface area contributed by atoms with Crippen LogP contribution in [0.3, 0.4) is 0 Å². The van der Waals surface area contributed by atoms with E-state index < -0.39 is 9.05 Å². The highest BCUT2D eigenvalue weighted by atomic mass is 35.7. The van der Waals surface area contributed by atoms with Crippen LogP contribution in [0.5, 0.6) is 0 Å². The summed E-state index contributed by atoms with van der Waals surface area (Å²) in [5, 5.41) is 0. The highest BCUT2D eigenvalue weighted by Crippen LogP contribution is 2.20. The minimum absolute atomic E-state index is 0.00719. The summed E-state index contributed by atoms with van der Waals surface area (Å²) in [4.78, 5) is 2.28. The Kier molecular flexibility index (Phi) is 3.76. The monoisotopic (exact) mass is 273 g/mol. The van der Waals surface area contributed by atoms with Gasteiger partial charge in [-0.2, -0.15) is 0 Å². The van der Waals surface area contributed by atoms with E-state index in [0.717, 1.165) is 25.1 Å². The van der Waals surface area contributed by atoms with Gasteiger partial charge in [0.2, 0.25) is 9.05 Å². The molecule has 0 unspecified atom stereocenters. The highest BCUT2D eigenvalue weighted by Gasteiger charge is 2.13.